The van der Waals surface area contributed by atoms with Crippen LogP contribution in [0.5, 0.6) is 0 Å². The Labute approximate surface area is 162 Å². The van der Waals surface area contributed by atoms with Crippen molar-refractivity contribution in [3.63, 3.8) is 0 Å². The van der Waals surface area contributed by atoms with Gasteiger partial charge < -0.3 is 9.84 Å². The molecule has 4 heteroatoms. The zero-order valence-electron chi connectivity index (χ0n) is 17.1. The Hall–Kier alpha value is -1.00. The van der Waals surface area contributed by atoms with Crippen molar-refractivity contribution in [2.75, 3.05) is 13.2 Å². The predicted octanol–water partition coefficient (Wildman–Crippen LogP) is 3.86. The molecule has 0 saturated heterocycles. The Balaban J connectivity index is 1.67. The molecule has 150 valence electrons. The zero-order chi connectivity index (χ0) is 19.4. The van der Waals surface area contributed by atoms with Gasteiger partial charge in [0, 0.05) is 11.8 Å². The summed E-state index contributed by atoms with van der Waals surface area (Å²) in [6.07, 6.45) is 9.71. The molecule has 4 rings (SSSR count). The van der Waals surface area contributed by atoms with E-state index in [0.29, 0.717) is 30.0 Å². The first-order valence-electron chi connectivity index (χ1n) is 10.8. The van der Waals surface area contributed by atoms with Gasteiger partial charge in [0.25, 0.3) is 0 Å². The van der Waals surface area contributed by atoms with E-state index in [9.17, 15) is 14.7 Å². The molecule has 4 nitrogen and oxygen atoms in total. The third-order valence-electron chi connectivity index (χ3n) is 9.09. The van der Waals surface area contributed by atoms with E-state index in [1.165, 1.54) is 5.57 Å². The normalized spacial score (nSPS) is 46.3. The topological polar surface area (TPSA) is 63.6 Å². The number of aliphatic hydroxyl groups is 1. The van der Waals surface area contributed by atoms with Gasteiger partial charge in [0.2, 0.25) is 0 Å². The van der Waals surface area contributed by atoms with Crippen molar-refractivity contribution >= 4 is 11.6 Å². The van der Waals surface area contributed by atoms with E-state index in [1.807, 2.05) is 6.08 Å². The van der Waals surface area contributed by atoms with Gasteiger partial charge in [-0.2, -0.15) is 0 Å². The highest BCUT2D eigenvalue weighted by molar-refractivity contribution is 5.91. The molecule has 0 aromatic carbocycles. The molecule has 0 aromatic rings. The third kappa shape index (κ3) is 2.55. The first-order chi connectivity index (χ1) is 12.8. The van der Waals surface area contributed by atoms with Crippen LogP contribution in [0.15, 0.2) is 11.6 Å². The van der Waals surface area contributed by atoms with Gasteiger partial charge in [0.15, 0.2) is 11.6 Å². The summed E-state index contributed by atoms with van der Waals surface area (Å²) in [5.74, 6) is 2.15. The Morgan fingerprint density at radius 3 is 2.59 bits per heavy atom. The van der Waals surface area contributed by atoms with Crippen LogP contribution in [0.25, 0.3) is 0 Å². The maximum absolute atomic E-state index is 12.8. The SMILES string of the molecule is CC(=O)[C@@]1(OCCO)CC[C@H]2[C@@H]3CCC4=CC(=O)CC[C@@]4(C)[C@@H]3CC[C@@]21C. The molecule has 0 amide bonds. The van der Waals surface area contributed by atoms with E-state index in [-0.39, 0.29) is 29.8 Å². The minimum Gasteiger partial charge on any atom is -0.394 e. The molecule has 27 heavy (non-hydrogen) atoms. The summed E-state index contributed by atoms with van der Waals surface area (Å²) in [5.41, 5.74) is 0.671. The molecule has 0 bridgehead atoms. The lowest BCUT2D eigenvalue weighted by molar-refractivity contribution is -0.177. The Morgan fingerprint density at radius 2 is 1.89 bits per heavy atom. The minimum absolute atomic E-state index is 0.0396. The highest BCUT2D eigenvalue weighted by atomic mass is 16.5. The van der Waals surface area contributed by atoms with Gasteiger partial charge >= 0.3 is 0 Å². The number of ether oxygens (including phenoxy) is 1. The quantitative estimate of drug-likeness (QED) is 0.812. The van der Waals surface area contributed by atoms with E-state index < -0.39 is 5.60 Å². The van der Waals surface area contributed by atoms with E-state index in [0.717, 1.165) is 44.9 Å². The smallest absolute Gasteiger partial charge is 0.162 e. The number of carbonyl (C=O) groups is 2. The first-order valence-corrected chi connectivity index (χ1v) is 10.8. The predicted molar refractivity (Wildman–Crippen MR) is 103 cm³/mol. The Bertz CT molecular complexity index is 682. The number of aliphatic hydroxyl groups excluding tert-OH is 1. The number of hydrogen-bond acceptors (Lipinski definition) is 4. The highest BCUT2D eigenvalue weighted by Gasteiger charge is 2.66. The van der Waals surface area contributed by atoms with Crippen LogP contribution in [-0.2, 0) is 14.3 Å². The van der Waals surface area contributed by atoms with Gasteiger partial charge in [-0.15, -0.1) is 0 Å². The fourth-order valence-corrected chi connectivity index (χ4v) is 7.69. The molecule has 4 aliphatic rings. The summed E-state index contributed by atoms with van der Waals surface area (Å²) in [4.78, 5) is 24.7. The standard InChI is InChI=1S/C23H34O4/c1-15(25)23(27-13-12-24)11-8-20-18-5-4-16-14-17(26)6-9-21(16,2)19(18)7-10-22(20,23)3/h14,18-20,24H,4-13H2,1-3H3/t18-,19-,20+,21-,22+,23+/m1/s1. The van der Waals surface area contributed by atoms with Crippen LogP contribution in [0.3, 0.4) is 0 Å². The summed E-state index contributed by atoms with van der Waals surface area (Å²) >= 11 is 0. The highest BCUT2D eigenvalue weighted by Crippen LogP contribution is 2.68. The maximum atomic E-state index is 12.8. The van der Waals surface area contributed by atoms with Crippen LogP contribution in [0, 0.1) is 28.6 Å². The Morgan fingerprint density at radius 1 is 1.15 bits per heavy atom. The number of rotatable bonds is 4. The van der Waals surface area contributed by atoms with Crippen LogP contribution >= 0.6 is 0 Å². The molecule has 0 spiro atoms. The molecule has 0 aliphatic heterocycles. The van der Waals surface area contributed by atoms with E-state index >= 15 is 0 Å². The number of Topliss-reactive ketones (excluding diaryl/α,β-unsaturated/α-hetero) is 1. The van der Waals surface area contributed by atoms with Gasteiger partial charge in [0.1, 0.15) is 5.60 Å². The van der Waals surface area contributed by atoms with Crippen LogP contribution in [0.2, 0.25) is 0 Å². The summed E-state index contributed by atoms with van der Waals surface area (Å²) in [6, 6.07) is 0. The second kappa shape index (κ2) is 6.52. The average Bonchev–Trinajstić information content (AvgIpc) is 2.94. The molecular weight excluding hydrogens is 340 g/mol. The molecule has 0 radical (unpaired) electrons. The average molecular weight is 375 g/mol. The van der Waals surface area contributed by atoms with Gasteiger partial charge in [-0.1, -0.05) is 19.4 Å². The lowest BCUT2D eigenvalue weighted by Gasteiger charge is -2.59. The molecule has 6 atom stereocenters. The van der Waals surface area contributed by atoms with Gasteiger partial charge in [0.05, 0.1) is 13.2 Å². The first kappa shape index (κ1) is 19.3. The monoisotopic (exact) mass is 374 g/mol. The summed E-state index contributed by atoms with van der Waals surface area (Å²) in [5, 5.41) is 9.30. The largest absolute Gasteiger partial charge is 0.394 e. The van der Waals surface area contributed by atoms with Gasteiger partial charge in [-0.3, -0.25) is 9.59 Å². The van der Waals surface area contributed by atoms with Crippen molar-refractivity contribution in [2.24, 2.45) is 28.6 Å². The van der Waals surface area contributed by atoms with Crippen molar-refractivity contribution < 1.29 is 19.4 Å². The summed E-state index contributed by atoms with van der Waals surface area (Å²) < 4.78 is 6.14. The van der Waals surface area contributed by atoms with Crippen LogP contribution in [-0.4, -0.2) is 35.5 Å². The molecule has 0 heterocycles. The van der Waals surface area contributed by atoms with E-state index in [4.69, 9.17) is 4.74 Å². The lowest BCUT2D eigenvalue weighted by atomic mass is 9.46. The molecular formula is C23H34O4. The number of allylic oxidation sites excluding steroid dienone is 1. The van der Waals surface area contributed by atoms with Crippen LogP contribution in [0.4, 0.5) is 0 Å². The second-order valence-corrected chi connectivity index (χ2v) is 9.92. The zero-order valence-corrected chi connectivity index (χ0v) is 17.1. The third-order valence-corrected chi connectivity index (χ3v) is 9.09. The van der Waals surface area contributed by atoms with E-state index in [1.54, 1.807) is 6.92 Å². The van der Waals surface area contributed by atoms with Crippen LogP contribution in [0.1, 0.15) is 72.1 Å². The minimum atomic E-state index is -0.731. The van der Waals surface area contributed by atoms with Crippen molar-refractivity contribution in [3.8, 4) is 0 Å². The number of hydrogen-bond donors (Lipinski definition) is 1. The Kier molecular flexibility index (Phi) is 4.67. The molecule has 1 N–H and O–H groups in total. The lowest BCUT2D eigenvalue weighted by Crippen LogP contribution is -2.58. The summed E-state index contributed by atoms with van der Waals surface area (Å²) in [6.45, 7) is 6.54. The van der Waals surface area contributed by atoms with Crippen molar-refractivity contribution in [1.29, 1.82) is 0 Å². The molecule has 3 saturated carbocycles. The fourth-order valence-electron chi connectivity index (χ4n) is 7.69. The van der Waals surface area contributed by atoms with Gasteiger partial charge in [-0.05, 0) is 81.1 Å². The molecule has 4 aliphatic carbocycles. The fraction of sp³-hybridized carbons (Fsp3) is 0.826. The van der Waals surface area contributed by atoms with Crippen molar-refractivity contribution in [1.82, 2.24) is 0 Å². The number of ketones is 2. The second-order valence-electron chi connectivity index (χ2n) is 9.92. The number of fused-ring (bicyclic) bond motifs is 5. The van der Waals surface area contributed by atoms with Gasteiger partial charge in [-0.25, -0.2) is 0 Å². The van der Waals surface area contributed by atoms with E-state index in [2.05, 4.69) is 13.8 Å². The molecule has 0 aromatic heterocycles. The van der Waals surface area contributed by atoms with Crippen molar-refractivity contribution in [3.05, 3.63) is 11.6 Å². The van der Waals surface area contributed by atoms with Crippen LogP contribution < -0.4 is 0 Å². The number of carbonyl (C=O) groups excluding carboxylic acids is 2. The van der Waals surface area contributed by atoms with Crippen molar-refractivity contribution in [2.45, 2.75) is 77.7 Å². The maximum Gasteiger partial charge on any atom is 0.162 e. The summed E-state index contributed by atoms with van der Waals surface area (Å²) in [7, 11) is 0. The molecule has 0 unspecified atom stereocenters. The molecule has 3 fully saturated rings.